The number of carboxylic acids is 1. The predicted molar refractivity (Wildman–Crippen MR) is 204 cm³/mol. The third-order valence-electron chi connectivity index (χ3n) is 10.3. The Bertz CT molecular complexity index is 2530. The Hall–Kier alpha value is -6.17. The molecule has 4 aromatic heterocycles. The molecule has 0 bridgehead atoms. The van der Waals surface area contributed by atoms with Crippen molar-refractivity contribution < 1.29 is 37.8 Å². The van der Waals surface area contributed by atoms with Gasteiger partial charge in [0.25, 0.3) is 0 Å². The number of H-pyrrole nitrogens is 1. The van der Waals surface area contributed by atoms with E-state index in [4.69, 9.17) is 4.74 Å². The van der Waals surface area contributed by atoms with Gasteiger partial charge in [-0.3, -0.25) is 14.4 Å². The lowest BCUT2D eigenvalue weighted by atomic mass is 9.99. The number of hydrogen-bond acceptors (Lipinski definition) is 10. The summed E-state index contributed by atoms with van der Waals surface area (Å²) in [6.45, 7) is 6.15. The van der Waals surface area contributed by atoms with Gasteiger partial charge in [-0.2, -0.15) is 0 Å². The Labute approximate surface area is 318 Å². The number of pyridine rings is 3. The molecule has 7 rings (SSSR count). The van der Waals surface area contributed by atoms with E-state index in [9.17, 15) is 29.1 Å². The highest BCUT2D eigenvalue weighted by atomic mass is 19.2. The Morgan fingerprint density at radius 2 is 1.80 bits per heavy atom. The number of ether oxygens (including phenoxy) is 1. The molecule has 2 atom stereocenters. The van der Waals surface area contributed by atoms with Gasteiger partial charge in [0, 0.05) is 75.6 Å². The molecule has 294 valence electrons. The molecule has 0 radical (unpaired) electrons. The monoisotopic (exact) mass is 773 g/mol. The van der Waals surface area contributed by atoms with Crippen LogP contribution in [0.15, 0.2) is 35.5 Å². The average Bonchev–Trinajstić information content (AvgIpc) is 3.83. The van der Waals surface area contributed by atoms with Gasteiger partial charge in [-0.15, -0.1) is 0 Å². The molecule has 56 heavy (non-hydrogen) atoms. The van der Waals surface area contributed by atoms with E-state index in [1.165, 1.54) is 24.0 Å². The summed E-state index contributed by atoms with van der Waals surface area (Å²) in [5.41, 5.74) is -0.0155. The van der Waals surface area contributed by atoms with Crippen molar-refractivity contribution in [2.75, 3.05) is 56.6 Å². The van der Waals surface area contributed by atoms with Gasteiger partial charge in [-0.1, -0.05) is 0 Å². The fourth-order valence-corrected chi connectivity index (χ4v) is 7.77. The van der Waals surface area contributed by atoms with Crippen LogP contribution >= 0.6 is 0 Å². The molecule has 2 fully saturated rings. The van der Waals surface area contributed by atoms with Gasteiger partial charge < -0.3 is 44.7 Å². The number of carbonyl (C=O) groups excluding carboxylic acids is 3. The number of carboxylic acid groups (broad SMARTS) is 1. The number of amides is 3. The Morgan fingerprint density at radius 1 is 1.05 bits per heavy atom. The minimum atomic E-state index is -1.39. The van der Waals surface area contributed by atoms with Crippen LogP contribution in [0.1, 0.15) is 37.6 Å². The van der Waals surface area contributed by atoms with Gasteiger partial charge in [0.15, 0.2) is 11.6 Å². The molecule has 0 aliphatic carbocycles. The SMILES string of the molecule is CN1CC2[C@@H](CCN2c2c(-c3cnc4c(c3)c(=O)c(C(=O)O)cn4C)cnc3[nH]c4c(N(C)C(=O)CNC(=O)CNC(=O)OC(C)(C)C)cc(F)c(F)c4c23)C1. The maximum Gasteiger partial charge on any atom is 0.408 e. The second-order valence-corrected chi connectivity index (χ2v) is 15.3. The van der Waals surface area contributed by atoms with E-state index in [1.54, 1.807) is 40.1 Å². The molecule has 0 saturated carbocycles. The van der Waals surface area contributed by atoms with Crippen molar-refractivity contribution in [3.8, 4) is 11.1 Å². The molecule has 18 heteroatoms. The van der Waals surface area contributed by atoms with Crippen LogP contribution in [0.4, 0.5) is 25.0 Å². The number of aromatic carboxylic acids is 1. The maximum atomic E-state index is 16.3. The van der Waals surface area contributed by atoms with Gasteiger partial charge in [-0.05, 0) is 46.2 Å². The third-order valence-corrected chi connectivity index (χ3v) is 10.3. The number of halogens is 2. The molecular weight excluding hydrogens is 732 g/mol. The number of rotatable bonds is 8. The molecular formula is C38H41F2N9O7. The predicted octanol–water partition coefficient (Wildman–Crippen LogP) is 3.35. The smallest absolute Gasteiger partial charge is 0.408 e. The van der Waals surface area contributed by atoms with Crippen molar-refractivity contribution in [1.29, 1.82) is 0 Å². The van der Waals surface area contributed by atoms with Crippen LogP contribution in [0.25, 0.3) is 44.1 Å². The highest BCUT2D eigenvalue weighted by Crippen LogP contribution is 2.47. The second kappa shape index (κ2) is 14.2. The van der Waals surface area contributed by atoms with Crippen molar-refractivity contribution in [2.24, 2.45) is 13.0 Å². The lowest BCUT2D eigenvalue weighted by Gasteiger charge is -2.29. The highest BCUT2D eigenvalue weighted by molar-refractivity contribution is 6.19. The van der Waals surface area contributed by atoms with E-state index in [2.05, 4.69) is 35.4 Å². The number of fused-ring (bicyclic) bond motifs is 5. The van der Waals surface area contributed by atoms with Gasteiger partial charge in [-0.25, -0.2) is 28.3 Å². The summed E-state index contributed by atoms with van der Waals surface area (Å²) < 4.78 is 38.6. The van der Waals surface area contributed by atoms with E-state index in [0.717, 1.165) is 23.9 Å². The molecule has 4 N–H and O–H groups in total. The minimum absolute atomic E-state index is 0.00274. The summed E-state index contributed by atoms with van der Waals surface area (Å²) in [4.78, 5) is 80.8. The number of hydrogen-bond donors (Lipinski definition) is 4. The quantitative estimate of drug-likeness (QED) is 0.181. The van der Waals surface area contributed by atoms with Crippen molar-refractivity contribution in [3.63, 3.8) is 0 Å². The van der Waals surface area contributed by atoms with E-state index in [1.807, 2.05) is 7.05 Å². The van der Waals surface area contributed by atoms with Crippen LogP contribution in [0.5, 0.6) is 0 Å². The van der Waals surface area contributed by atoms with E-state index in [-0.39, 0.29) is 50.6 Å². The number of anilines is 2. The summed E-state index contributed by atoms with van der Waals surface area (Å²) >= 11 is 0. The van der Waals surface area contributed by atoms with E-state index >= 15 is 8.78 Å². The van der Waals surface area contributed by atoms with Gasteiger partial charge >= 0.3 is 12.1 Å². The maximum absolute atomic E-state index is 16.3. The fraction of sp³-hybridized carbons (Fsp3) is 0.395. The highest BCUT2D eigenvalue weighted by Gasteiger charge is 2.42. The van der Waals surface area contributed by atoms with Crippen molar-refractivity contribution in [3.05, 3.63) is 58.1 Å². The Morgan fingerprint density at radius 3 is 2.52 bits per heavy atom. The number of benzene rings is 1. The number of carbonyl (C=O) groups is 4. The van der Waals surface area contributed by atoms with Gasteiger partial charge in [0.1, 0.15) is 29.0 Å². The molecule has 16 nitrogen and oxygen atoms in total. The summed E-state index contributed by atoms with van der Waals surface area (Å²) in [6.07, 6.45) is 4.31. The molecule has 1 aromatic carbocycles. The number of aromatic amines is 1. The Balaban J connectivity index is 1.33. The molecule has 6 heterocycles. The van der Waals surface area contributed by atoms with Crippen molar-refractivity contribution in [2.45, 2.75) is 38.8 Å². The largest absolute Gasteiger partial charge is 0.477 e. The first-order valence-electron chi connectivity index (χ1n) is 17.9. The number of aromatic nitrogens is 4. The Kier molecular flexibility index (Phi) is 9.64. The first kappa shape index (κ1) is 38.1. The minimum Gasteiger partial charge on any atom is -0.477 e. The van der Waals surface area contributed by atoms with Crippen LogP contribution in [0.3, 0.4) is 0 Å². The molecule has 0 spiro atoms. The lowest BCUT2D eigenvalue weighted by Crippen LogP contribution is -2.43. The number of aryl methyl sites for hydroxylation is 1. The normalized spacial score (nSPS) is 17.1. The topological polar surface area (TPSA) is 195 Å². The zero-order chi connectivity index (χ0) is 40.4. The summed E-state index contributed by atoms with van der Waals surface area (Å²) in [6, 6.07) is 2.43. The second-order valence-electron chi connectivity index (χ2n) is 15.3. The first-order valence-corrected chi connectivity index (χ1v) is 17.9. The zero-order valence-corrected chi connectivity index (χ0v) is 31.6. The van der Waals surface area contributed by atoms with E-state index < -0.39 is 65.2 Å². The number of nitrogens with zero attached hydrogens (tertiary/aromatic N) is 6. The van der Waals surface area contributed by atoms with Crippen LogP contribution in [-0.2, 0) is 21.4 Å². The van der Waals surface area contributed by atoms with Crippen LogP contribution < -0.4 is 25.9 Å². The van der Waals surface area contributed by atoms with Crippen LogP contribution in [0, 0.1) is 17.6 Å². The number of likely N-dealkylation sites (N-methyl/N-ethyl adjacent to an activating group) is 2. The number of nitrogens with one attached hydrogen (secondary N) is 3. The van der Waals surface area contributed by atoms with Crippen molar-refractivity contribution >= 4 is 68.2 Å². The van der Waals surface area contributed by atoms with Gasteiger partial charge in [0.2, 0.25) is 17.2 Å². The molecule has 2 aliphatic rings. The summed E-state index contributed by atoms with van der Waals surface area (Å²) in [5.74, 6) is -4.85. The molecule has 2 saturated heterocycles. The molecule has 1 unspecified atom stereocenters. The fourth-order valence-electron chi connectivity index (χ4n) is 7.77. The first-order chi connectivity index (χ1) is 26.4. The van der Waals surface area contributed by atoms with Crippen LogP contribution in [0.2, 0.25) is 0 Å². The summed E-state index contributed by atoms with van der Waals surface area (Å²) in [5, 5.41) is 14.6. The van der Waals surface area contributed by atoms with E-state index in [0.29, 0.717) is 29.9 Å². The summed E-state index contributed by atoms with van der Waals surface area (Å²) in [7, 11) is 4.96. The molecule has 5 aromatic rings. The molecule has 2 aliphatic heterocycles. The number of alkyl carbamates (subject to hydrolysis) is 1. The molecule has 3 amide bonds. The average molecular weight is 774 g/mol. The third kappa shape index (κ3) is 6.84. The van der Waals surface area contributed by atoms with Crippen LogP contribution in [-0.4, -0.2) is 112 Å². The zero-order valence-electron chi connectivity index (χ0n) is 31.6. The van der Waals surface area contributed by atoms with Gasteiger partial charge in [0.05, 0.1) is 39.6 Å². The number of likely N-dealkylation sites (tertiary alicyclic amines) is 1. The standard InChI is InChI=1S/C38H41F2N9O7/c1-38(2,3)56-37(55)44-13-26(50)41-14-27(51)48(6)24-10-23(39)30(40)28-29-32(49-8-7-18-15-46(4)17-25(18)49)21(12-42-34(29)45-31(24)28)19-9-20-33(52)22(36(53)54)16-47(5)35(20)43-11-19/h9-12,16,18,25H,7-8,13-15,17H2,1-6H3,(H,41,50)(H,42,45)(H,44,55)(H,53,54)/t18-,25?/m0/s1. The lowest BCUT2D eigenvalue weighted by molar-refractivity contribution is -0.124. The van der Waals surface area contributed by atoms with Crippen molar-refractivity contribution in [1.82, 2.24) is 35.1 Å².